The number of imidazole rings is 1. The van der Waals surface area contributed by atoms with Gasteiger partial charge in [-0.2, -0.15) is 0 Å². The first-order valence-corrected chi connectivity index (χ1v) is 7.34. The third kappa shape index (κ3) is 3.14. The molecular formula is C12H14N2O2S2. The topological polar surface area (TPSA) is 55.1 Å². The summed E-state index contributed by atoms with van der Waals surface area (Å²) >= 11 is 2.97. The van der Waals surface area contributed by atoms with Gasteiger partial charge in [0.05, 0.1) is 18.0 Å². The quantitative estimate of drug-likeness (QED) is 0.857. The largest absolute Gasteiger partial charge is 0.481 e. The molecular weight excluding hydrogens is 268 g/mol. The Morgan fingerprint density at radius 3 is 2.94 bits per heavy atom. The third-order valence-electron chi connectivity index (χ3n) is 2.47. The minimum Gasteiger partial charge on any atom is -0.481 e. The highest BCUT2D eigenvalue weighted by Crippen LogP contribution is 2.22. The highest BCUT2D eigenvalue weighted by atomic mass is 32.2. The van der Waals surface area contributed by atoms with Crippen LogP contribution in [-0.4, -0.2) is 26.4 Å². The molecule has 0 fully saturated rings. The molecule has 0 atom stereocenters. The number of aliphatic carboxylic acids is 1. The van der Waals surface area contributed by atoms with Gasteiger partial charge in [0.15, 0.2) is 5.16 Å². The zero-order chi connectivity index (χ0) is 13.1. The van der Waals surface area contributed by atoms with Crippen LogP contribution in [0.3, 0.4) is 0 Å². The van der Waals surface area contributed by atoms with Gasteiger partial charge in [-0.05, 0) is 30.9 Å². The van der Waals surface area contributed by atoms with E-state index in [-0.39, 0.29) is 5.75 Å². The van der Waals surface area contributed by atoms with Gasteiger partial charge in [-0.15, -0.1) is 11.3 Å². The average Bonchev–Trinajstić information content (AvgIpc) is 2.84. The van der Waals surface area contributed by atoms with Gasteiger partial charge in [0.25, 0.3) is 0 Å². The van der Waals surface area contributed by atoms with Crippen molar-refractivity contribution in [3.63, 3.8) is 0 Å². The molecule has 0 unspecified atom stereocenters. The van der Waals surface area contributed by atoms with Crippen LogP contribution in [0.5, 0.6) is 0 Å². The summed E-state index contributed by atoms with van der Waals surface area (Å²) in [6.07, 6.45) is 1.96. The molecule has 4 nitrogen and oxygen atoms in total. The molecule has 0 aliphatic rings. The molecule has 0 aromatic carbocycles. The fourth-order valence-corrected chi connectivity index (χ4v) is 3.25. The van der Waals surface area contributed by atoms with Crippen molar-refractivity contribution in [1.82, 2.24) is 9.55 Å². The molecule has 0 bridgehead atoms. The van der Waals surface area contributed by atoms with Gasteiger partial charge in [0, 0.05) is 11.1 Å². The second-order valence-corrected chi connectivity index (χ2v) is 5.95. The average molecular weight is 282 g/mol. The summed E-state index contributed by atoms with van der Waals surface area (Å²) < 4.78 is 2.02. The Morgan fingerprint density at radius 1 is 1.56 bits per heavy atom. The van der Waals surface area contributed by atoms with Gasteiger partial charge in [-0.25, -0.2) is 4.98 Å². The summed E-state index contributed by atoms with van der Waals surface area (Å²) in [6, 6.07) is 2.09. The molecule has 1 N–H and O–H groups in total. The molecule has 0 amide bonds. The number of aryl methyl sites for hydroxylation is 2. The zero-order valence-corrected chi connectivity index (χ0v) is 11.8. The van der Waals surface area contributed by atoms with Crippen LogP contribution < -0.4 is 0 Å². The van der Waals surface area contributed by atoms with Crippen molar-refractivity contribution in [3.05, 3.63) is 33.8 Å². The molecule has 0 aliphatic heterocycles. The highest BCUT2D eigenvalue weighted by molar-refractivity contribution is 7.99. The Morgan fingerprint density at radius 2 is 2.33 bits per heavy atom. The normalized spacial score (nSPS) is 10.8. The summed E-state index contributed by atoms with van der Waals surface area (Å²) in [5.74, 6) is -0.778. The Labute approximate surface area is 114 Å². The summed E-state index contributed by atoms with van der Waals surface area (Å²) in [6.45, 7) is 4.76. The van der Waals surface area contributed by atoms with Gasteiger partial charge in [-0.1, -0.05) is 11.8 Å². The fourth-order valence-electron chi connectivity index (χ4n) is 1.60. The Balaban J connectivity index is 2.17. The SMILES string of the molecule is Cc1cn(Cc2sccc2C)c(SCC(=O)O)n1. The number of aromatic nitrogens is 2. The number of carbonyl (C=O) groups is 1. The maximum Gasteiger partial charge on any atom is 0.313 e. The molecule has 0 spiro atoms. The van der Waals surface area contributed by atoms with E-state index in [0.29, 0.717) is 0 Å². The van der Waals surface area contributed by atoms with E-state index in [1.807, 2.05) is 17.7 Å². The Kier molecular flexibility index (Phi) is 4.08. The summed E-state index contributed by atoms with van der Waals surface area (Å²) in [7, 11) is 0. The number of carboxylic acids is 1. The van der Waals surface area contributed by atoms with E-state index in [4.69, 9.17) is 5.11 Å². The second kappa shape index (κ2) is 5.58. The predicted octanol–water partition coefficient (Wildman–Crippen LogP) is 2.79. The molecule has 2 rings (SSSR count). The van der Waals surface area contributed by atoms with Crippen molar-refractivity contribution in [3.8, 4) is 0 Å². The van der Waals surface area contributed by atoms with Crippen molar-refractivity contribution >= 4 is 29.1 Å². The van der Waals surface area contributed by atoms with Crippen LogP contribution in [-0.2, 0) is 11.3 Å². The summed E-state index contributed by atoms with van der Waals surface area (Å²) in [5.41, 5.74) is 2.18. The minimum absolute atomic E-state index is 0.0415. The van der Waals surface area contributed by atoms with E-state index >= 15 is 0 Å². The number of rotatable bonds is 5. The van der Waals surface area contributed by atoms with E-state index in [1.165, 1.54) is 22.2 Å². The molecule has 0 radical (unpaired) electrons. The van der Waals surface area contributed by atoms with Crippen molar-refractivity contribution < 1.29 is 9.90 Å². The summed E-state index contributed by atoms with van der Waals surface area (Å²) in [4.78, 5) is 16.2. The number of hydrogen-bond acceptors (Lipinski definition) is 4. The number of thioether (sulfide) groups is 1. The molecule has 2 heterocycles. The van der Waals surface area contributed by atoms with E-state index < -0.39 is 5.97 Å². The van der Waals surface area contributed by atoms with Gasteiger partial charge in [-0.3, -0.25) is 4.79 Å². The molecule has 0 saturated carbocycles. The monoisotopic (exact) mass is 282 g/mol. The molecule has 0 aliphatic carbocycles. The first-order valence-electron chi connectivity index (χ1n) is 5.47. The molecule has 0 saturated heterocycles. The fraction of sp³-hybridized carbons (Fsp3) is 0.333. The first-order chi connectivity index (χ1) is 8.56. The van der Waals surface area contributed by atoms with Crippen LogP contribution in [0.1, 0.15) is 16.1 Å². The lowest BCUT2D eigenvalue weighted by Crippen LogP contribution is -2.03. The van der Waals surface area contributed by atoms with E-state index in [1.54, 1.807) is 11.3 Å². The molecule has 6 heteroatoms. The van der Waals surface area contributed by atoms with Gasteiger partial charge in [0.1, 0.15) is 0 Å². The van der Waals surface area contributed by atoms with Crippen molar-refractivity contribution in [2.24, 2.45) is 0 Å². The van der Waals surface area contributed by atoms with Gasteiger partial charge < -0.3 is 9.67 Å². The molecule has 96 valence electrons. The maximum atomic E-state index is 10.6. The molecule has 2 aromatic rings. The lowest BCUT2D eigenvalue weighted by atomic mass is 10.3. The third-order valence-corrected chi connectivity index (χ3v) is 4.45. The first kappa shape index (κ1) is 13.2. The Hall–Kier alpha value is -1.27. The van der Waals surface area contributed by atoms with E-state index in [0.717, 1.165) is 17.4 Å². The van der Waals surface area contributed by atoms with Crippen LogP contribution in [0.25, 0.3) is 0 Å². The van der Waals surface area contributed by atoms with Crippen LogP contribution in [0.4, 0.5) is 0 Å². The minimum atomic E-state index is -0.820. The maximum absolute atomic E-state index is 10.6. The lowest BCUT2D eigenvalue weighted by molar-refractivity contribution is -0.133. The van der Waals surface area contributed by atoms with Crippen molar-refractivity contribution in [1.29, 1.82) is 0 Å². The number of thiophene rings is 1. The summed E-state index contributed by atoms with van der Waals surface area (Å²) in [5, 5.41) is 11.6. The van der Waals surface area contributed by atoms with Crippen LogP contribution >= 0.6 is 23.1 Å². The van der Waals surface area contributed by atoms with Crippen LogP contribution in [0.2, 0.25) is 0 Å². The number of carboxylic acid groups (broad SMARTS) is 1. The lowest BCUT2D eigenvalue weighted by Gasteiger charge is -2.05. The Bertz CT molecular complexity index is 560. The molecule has 18 heavy (non-hydrogen) atoms. The number of hydrogen-bond donors (Lipinski definition) is 1. The number of nitrogens with zero attached hydrogens (tertiary/aromatic N) is 2. The van der Waals surface area contributed by atoms with Gasteiger partial charge in [0.2, 0.25) is 0 Å². The van der Waals surface area contributed by atoms with Crippen molar-refractivity contribution in [2.75, 3.05) is 5.75 Å². The highest BCUT2D eigenvalue weighted by Gasteiger charge is 2.10. The smallest absolute Gasteiger partial charge is 0.313 e. The van der Waals surface area contributed by atoms with E-state index in [9.17, 15) is 4.79 Å². The van der Waals surface area contributed by atoms with E-state index in [2.05, 4.69) is 23.4 Å². The van der Waals surface area contributed by atoms with Gasteiger partial charge >= 0.3 is 5.97 Å². The van der Waals surface area contributed by atoms with Crippen LogP contribution in [0.15, 0.2) is 22.8 Å². The standard InChI is InChI=1S/C12H14N2O2S2/c1-8-3-4-17-10(8)6-14-5-9(2)13-12(14)18-7-11(15)16/h3-5H,6-7H2,1-2H3,(H,15,16). The predicted molar refractivity (Wildman–Crippen MR) is 73.5 cm³/mol. The zero-order valence-electron chi connectivity index (χ0n) is 10.2. The van der Waals surface area contributed by atoms with Crippen molar-refractivity contribution in [2.45, 2.75) is 25.5 Å². The second-order valence-electron chi connectivity index (χ2n) is 4.00. The molecule has 2 aromatic heterocycles. The van der Waals surface area contributed by atoms with Crippen LogP contribution in [0, 0.1) is 13.8 Å².